The summed E-state index contributed by atoms with van der Waals surface area (Å²) in [6, 6.07) is 11.3. The zero-order chi connectivity index (χ0) is 20.0. The summed E-state index contributed by atoms with van der Waals surface area (Å²) < 4.78 is 15.8. The van der Waals surface area contributed by atoms with Gasteiger partial charge in [0.25, 0.3) is 0 Å². The van der Waals surface area contributed by atoms with E-state index in [1.54, 1.807) is 20.4 Å². The Morgan fingerprint density at radius 3 is 2.59 bits per heavy atom. The molecular formula is C20H29IN4O4. The summed E-state index contributed by atoms with van der Waals surface area (Å²) in [5, 5.41) is 8.99. The summed E-state index contributed by atoms with van der Waals surface area (Å²) in [4.78, 5) is 16.1. The number of guanidine groups is 1. The van der Waals surface area contributed by atoms with Crippen LogP contribution in [0.2, 0.25) is 0 Å². The Kier molecular flexibility index (Phi) is 12.5. The van der Waals surface area contributed by atoms with Crippen LogP contribution in [0.4, 0.5) is 0 Å². The van der Waals surface area contributed by atoms with E-state index in [1.807, 2.05) is 36.4 Å². The summed E-state index contributed by atoms with van der Waals surface area (Å²) in [5.74, 6) is 2.07. The van der Waals surface area contributed by atoms with Crippen LogP contribution < -0.4 is 20.7 Å². The van der Waals surface area contributed by atoms with Gasteiger partial charge in [-0.1, -0.05) is 12.1 Å². The monoisotopic (exact) mass is 516 g/mol. The third kappa shape index (κ3) is 10.2. The fourth-order valence-corrected chi connectivity index (χ4v) is 2.34. The smallest absolute Gasteiger partial charge is 0.239 e. The molecule has 0 unspecified atom stereocenters. The van der Waals surface area contributed by atoms with Crippen molar-refractivity contribution in [1.29, 1.82) is 0 Å². The standard InChI is InChI=1S/C20H28N4O4.HI/c1-21-20(22-10-4-11-27-15-18-5-3-12-28-18)24-14-19(25)23-13-16-6-8-17(26-2)9-7-16;/h3,5-9,12H,4,10-11,13-15H2,1-2H3,(H,23,25)(H2,21,22,24);1H. The highest BCUT2D eigenvalue weighted by Gasteiger charge is 2.04. The second kappa shape index (κ2) is 14.7. The van der Waals surface area contributed by atoms with Gasteiger partial charge in [-0.25, -0.2) is 0 Å². The van der Waals surface area contributed by atoms with Gasteiger partial charge >= 0.3 is 0 Å². The van der Waals surface area contributed by atoms with E-state index in [2.05, 4.69) is 20.9 Å². The molecule has 0 aliphatic carbocycles. The van der Waals surface area contributed by atoms with E-state index >= 15 is 0 Å². The first-order valence-electron chi connectivity index (χ1n) is 9.15. The van der Waals surface area contributed by atoms with Crippen molar-refractivity contribution in [2.45, 2.75) is 19.6 Å². The number of hydrogen-bond acceptors (Lipinski definition) is 5. The molecule has 0 spiro atoms. The second-order valence-corrected chi connectivity index (χ2v) is 5.96. The molecule has 9 heteroatoms. The third-order valence-corrected chi connectivity index (χ3v) is 3.87. The van der Waals surface area contributed by atoms with Crippen molar-refractivity contribution in [3.8, 4) is 5.75 Å². The molecule has 1 heterocycles. The normalized spacial score (nSPS) is 10.8. The van der Waals surface area contributed by atoms with Gasteiger partial charge in [-0.05, 0) is 36.2 Å². The zero-order valence-corrected chi connectivity index (χ0v) is 19.1. The van der Waals surface area contributed by atoms with Gasteiger partial charge in [0, 0.05) is 26.7 Å². The van der Waals surface area contributed by atoms with Crippen molar-refractivity contribution in [3.63, 3.8) is 0 Å². The lowest BCUT2D eigenvalue weighted by molar-refractivity contribution is -0.120. The van der Waals surface area contributed by atoms with Gasteiger partial charge < -0.3 is 29.8 Å². The van der Waals surface area contributed by atoms with Crippen molar-refractivity contribution in [2.75, 3.05) is 33.9 Å². The predicted octanol–water partition coefficient (Wildman–Crippen LogP) is 2.29. The SMILES string of the molecule is CN=C(NCCCOCc1ccco1)NCC(=O)NCc1ccc(OC)cc1.I. The predicted molar refractivity (Wildman–Crippen MR) is 123 cm³/mol. The molecule has 1 aromatic carbocycles. The van der Waals surface area contributed by atoms with E-state index in [9.17, 15) is 4.79 Å². The van der Waals surface area contributed by atoms with Gasteiger partial charge in [-0.15, -0.1) is 24.0 Å². The molecule has 3 N–H and O–H groups in total. The number of hydrogen-bond donors (Lipinski definition) is 3. The van der Waals surface area contributed by atoms with Gasteiger partial charge in [-0.2, -0.15) is 0 Å². The summed E-state index contributed by atoms with van der Waals surface area (Å²) in [5.41, 5.74) is 1.01. The van der Waals surface area contributed by atoms with E-state index in [0.717, 1.165) is 23.5 Å². The fraction of sp³-hybridized carbons (Fsp3) is 0.400. The van der Waals surface area contributed by atoms with E-state index in [4.69, 9.17) is 13.9 Å². The van der Waals surface area contributed by atoms with Crippen LogP contribution in [0.5, 0.6) is 5.75 Å². The number of nitrogens with zero attached hydrogens (tertiary/aromatic N) is 1. The maximum absolute atomic E-state index is 12.0. The molecular weight excluding hydrogens is 487 g/mol. The largest absolute Gasteiger partial charge is 0.497 e. The van der Waals surface area contributed by atoms with E-state index < -0.39 is 0 Å². The lowest BCUT2D eigenvalue weighted by Gasteiger charge is -2.12. The van der Waals surface area contributed by atoms with Crippen LogP contribution in [0, 0.1) is 0 Å². The first-order chi connectivity index (χ1) is 13.7. The topological polar surface area (TPSA) is 97.1 Å². The highest BCUT2D eigenvalue weighted by atomic mass is 127. The molecule has 1 aromatic heterocycles. The molecule has 8 nitrogen and oxygen atoms in total. The number of methoxy groups -OCH3 is 1. The zero-order valence-electron chi connectivity index (χ0n) is 16.8. The second-order valence-electron chi connectivity index (χ2n) is 5.96. The minimum atomic E-state index is -0.111. The Bertz CT molecular complexity index is 721. The molecule has 2 aromatic rings. The van der Waals surface area contributed by atoms with Crippen LogP contribution in [0.15, 0.2) is 52.1 Å². The van der Waals surface area contributed by atoms with Crippen LogP contribution in [0.3, 0.4) is 0 Å². The molecule has 160 valence electrons. The van der Waals surface area contributed by atoms with Gasteiger partial charge in [-0.3, -0.25) is 9.79 Å². The number of halogens is 1. The number of carbonyl (C=O) groups excluding carboxylic acids is 1. The Balaban J connectivity index is 0.00000420. The fourth-order valence-electron chi connectivity index (χ4n) is 2.34. The number of amides is 1. The van der Waals surface area contributed by atoms with Crippen molar-refractivity contribution < 1.29 is 18.7 Å². The summed E-state index contributed by atoms with van der Waals surface area (Å²) in [6.07, 6.45) is 2.44. The molecule has 0 fully saturated rings. The maximum Gasteiger partial charge on any atom is 0.239 e. The number of rotatable bonds is 11. The number of furan rings is 1. The minimum absolute atomic E-state index is 0. The first kappa shape index (κ1) is 24.8. The number of benzene rings is 1. The minimum Gasteiger partial charge on any atom is -0.497 e. The van der Waals surface area contributed by atoms with E-state index in [-0.39, 0.29) is 36.4 Å². The van der Waals surface area contributed by atoms with E-state index in [0.29, 0.717) is 32.3 Å². The van der Waals surface area contributed by atoms with Crippen LogP contribution in [0.1, 0.15) is 17.7 Å². The van der Waals surface area contributed by atoms with Gasteiger partial charge in [0.1, 0.15) is 18.1 Å². The molecule has 0 atom stereocenters. The Morgan fingerprint density at radius 2 is 1.93 bits per heavy atom. The third-order valence-electron chi connectivity index (χ3n) is 3.87. The van der Waals surface area contributed by atoms with Crippen LogP contribution in [-0.4, -0.2) is 45.7 Å². The highest BCUT2D eigenvalue weighted by molar-refractivity contribution is 14.0. The Morgan fingerprint density at radius 1 is 1.14 bits per heavy atom. The summed E-state index contributed by atoms with van der Waals surface area (Å²) >= 11 is 0. The average molecular weight is 516 g/mol. The molecule has 29 heavy (non-hydrogen) atoms. The lowest BCUT2D eigenvalue weighted by Crippen LogP contribution is -2.43. The highest BCUT2D eigenvalue weighted by Crippen LogP contribution is 2.10. The number of ether oxygens (including phenoxy) is 2. The molecule has 0 bridgehead atoms. The van der Waals surface area contributed by atoms with Gasteiger partial charge in [0.15, 0.2) is 5.96 Å². The van der Waals surface area contributed by atoms with Crippen LogP contribution in [-0.2, 0) is 22.7 Å². The Hall–Kier alpha value is -2.27. The molecule has 0 radical (unpaired) electrons. The molecule has 2 rings (SSSR count). The maximum atomic E-state index is 12.0. The van der Waals surface area contributed by atoms with Crippen molar-refractivity contribution >= 4 is 35.8 Å². The van der Waals surface area contributed by atoms with Crippen LogP contribution >= 0.6 is 24.0 Å². The number of nitrogens with one attached hydrogen (secondary N) is 3. The quantitative estimate of drug-likeness (QED) is 0.184. The molecule has 0 aliphatic rings. The van der Waals surface area contributed by atoms with Crippen molar-refractivity contribution in [1.82, 2.24) is 16.0 Å². The molecule has 1 amide bonds. The van der Waals surface area contributed by atoms with Gasteiger partial charge in [0.2, 0.25) is 5.91 Å². The van der Waals surface area contributed by atoms with Crippen molar-refractivity contribution in [2.24, 2.45) is 4.99 Å². The average Bonchev–Trinajstić information content (AvgIpc) is 3.25. The molecule has 0 saturated carbocycles. The molecule has 0 saturated heterocycles. The summed E-state index contributed by atoms with van der Waals surface area (Å²) in [6.45, 7) is 2.36. The van der Waals surface area contributed by atoms with E-state index in [1.165, 1.54) is 0 Å². The van der Waals surface area contributed by atoms with Gasteiger partial charge in [0.05, 0.1) is 19.9 Å². The first-order valence-corrected chi connectivity index (χ1v) is 9.15. The lowest BCUT2D eigenvalue weighted by atomic mass is 10.2. The number of carbonyl (C=O) groups is 1. The van der Waals surface area contributed by atoms with Crippen LogP contribution in [0.25, 0.3) is 0 Å². The summed E-state index contributed by atoms with van der Waals surface area (Å²) in [7, 11) is 3.29. The Labute approximate surface area is 188 Å². The molecule has 0 aliphatic heterocycles. The number of aliphatic imine (C=N–C) groups is 1. The van der Waals surface area contributed by atoms with Crippen molar-refractivity contribution in [3.05, 3.63) is 54.0 Å².